The summed E-state index contributed by atoms with van der Waals surface area (Å²) >= 11 is 4.86. The van der Waals surface area contributed by atoms with Crippen molar-refractivity contribution in [1.29, 1.82) is 0 Å². The van der Waals surface area contributed by atoms with Crippen molar-refractivity contribution in [3.05, 3.63) is 41.0 Å². The van der Waals surface area contributed by atoms with Crippen LogP contribution in [0.5, 0.6) is 0 Å². The molecule has 0 bridgehead atoms. The van der Waals surface area contributed by atoms with E-state index in [1.165, 1.54) is 4.90 Å². The normalized spacial score (nSPS) is 17.2. The molecular formula is C32H47BrN4O8S. The van der Waals surface area contributed by atoms with Crippen molar-refractivity contribution in [2.75, 3.05) is 64.7 Å². The molecule has 3 atom stereocenters. The smallest absolute Gasteiger partial charge is 0.246 e. The molecule has 256 valence electrons. The number of nitrogens with zero attached hydrogens (tertiary/aromatic N) is 2. The van der Waals surface area contributed by atoms with Crippen LogP contribution in [0, 0.1) is 12.3 Å². The summed E-state index contributed by atoms with van der Waals surface area (Å²) in [5.74, 6) is -1.25. The highest BCUT2D eigenvalue weighted by Gasteiger charge is 2.44. The summed E-state index contributed by atoms with van der Waals surface area (Å²) in [5, 5.41) is 16.9. The lowest BCUT2D eigenvalue weighted by Gasteiger charge is -2.35. The first-order chi connectivity index (χ1) is 22.0. The van der Waals surface area contributed by atoms with E-state index in [1.54, 1.807) is 11.3 Å². The molecule has 1 aliphatic rings. The molecule has 2 heterocycles. The zero-order chi connectivity index (χ0) is 33.5. The van der Waals surface area contributed by atoms with Gasteiger partial charge < -0.3 is 39.6 Å². The number of carbonyl (C=O) groups is 3. The van der Waals surface area contributed by atoms with Gasteiger partial charge in [-0.2, -0.15) is 0 Å². The Bertz CT molecular complexity index is 1240. The molecule has 14 heteroatoms. The van der Waals surface area contributed by atoms with Crippen LogP contribution in [-0.4, -0.2) is 116 Å². The maximum atomic E-state index is 13.7. The molecule has 3 N–H and O–H groups in total. The fourth-order valence-corrected chi connectivity index (χ4v) is 5.90. The molecule has 1 aromatic carbocycles. The van der Waals surface area contributed by atoms with Crippen molar-refractivity contribution in [3.8, 4) is 10.4 Å². The van der Waals surface area contributed by atoms with E-state index in [1.807, 2.05) is 57.5 Å². The molecule has 0 saturated carbocycles. The minimum Gasteiger partial charge on any atom is -0.391 e. The predicted molar refractivity (Wildman–Crippen MR) is 179 cm³/mol. The van der Waals surface area contributed by atoms with Crippen LogP contribution in [0.3, 0.4) is 0 Å². The summed E-state index contributed by atoms with van der Waals surface area (Å²) in [5.41, 5.74) is 4.08. The largest absolute Gasteiger partial charge is 0.391 e. The quantitative estimate of drug-likeness (QED) is 0.147. The van der Waals surface area contributed by atoms with Gasteiger partial charge in [0, 0.05) is 24.8 Å². The lowest BCUT2D eigenvalue weighted by molar-refractivity contribution is -0.144. The highest BCUT2D eigenvalue weighted by atomic mass is 79.9. The second-order valence-corrected chi connectivity index (χ2v) is 13.7. The Morgan fingerprint density at radius 1 is 1.02 bits per heavy atom. The summed E-state index contributed by atoms with van der Waals surface area (Å²) in [6.45, 7) is 10.5. The zero-order valence-corrected chi connectivity index (χ0v) is 29.5. The SMILES string of the molecule is Cc1ncsc1-c1ccc(CNC(=O)[C@@H]2C[C@@H](O)CN2C(=O)[C@@H](NC(=O)COCCOCCOCCOCCBr)C(C)(C)C)cc1. The topological polar surface area (TPSA) is 149 Å². The second-order valence-electron chi connectivity index (χ2n) is 12.0. The molecule has 46 heavy (non-hydrogen) atoms. The van der Waals surface area contributed by atoms with Crippen molar-refractivity contribution >= 4 is 45.0 Å². The lowest BCUT2D eigenvalue weighted by atomic mass is 9.85. The number of ether oxygens (including phenoxy) is 4. The molecule has 3 rings (SSSR count). The van der Waals surface area contributed by atoms with Crippen molar-refractivity contribution in [2.45, 2.75) is 58.8 Å². The van der Waals surface area contributed by atoms with Crippen LogP contribution in [0.15, 0.2) is 29.8 Å². The number of aryl methyl sites for hydroxylation is 1. The molecule has 0 unspecified atom stereocenters. The standard InChI is InChI=1S/C32H47BrN4O8S/c1-22-28(46-21-35-22)24-7-5-23(6-8-24)18-34-30(40)26-17-25(38)19-37(26)31(41)29(32(2,3)4)36-27(39)20-45-16-15-44-14-13-43-12-11-42-10-9-33/h5-8,21,25-26,29,38H,9-20H2,1-4H3,(H,34,40)(H,36,39)/t25-,26+,29-/m1/s1. The number of rotatable bonds is 19. The third kappa shape index (κ3) is 12.3. The molecule has 0 aliphatic carbocycles. The number of aliphatic hydroxyl groups is 1. The van der Waals surface area contributed by atoms with Crippen LogP contribution < -0.4 is 10.6 Å². The number of halogens is 1. The minimum absolute atomic E-state index is 0.00367. The number of β-amino-alcohol motifs (C(OH)–C–C–N with tert-alkyl or cyclic N) is 1. The highest BCUT2D eigenvalue weighted by Crippen LogP contribution is 2.28. The van der Waals surface area contributed by atoms with Crippen LogP contribution in [0.4, 0.5) is 0 Å². The zero-order valence-electron chi connectivity index (χ0n) is 27.1. The predicted octanol–water partition coefficient (Wildman–Crippen LogP) is 2.69. The monoisotopic (exact) mass is 726 g/mol. The van der Waals surface area contributed by atoms with Crippen LogP contribution in [0.1, 0.15) is 38.4 Å². The number of likely N-dealkylation sites (tertiary alicyclic amines) is 1. The van der Waals surface area contributed by atoms with Gasteiger partial charge in [-0.15, -0.1) is 11.3 Å². The number of carbonyl (C=O) groups excluding carboxylic acids is 3. The van der Waals surface area contributed by atoms with Gasteiger partial charge in [0.2, 0.25) is 17.7 Å². The Kier molecular flexibility index (Phi) is 16.0. The van der Waals surface area contributed by atoms with Crippen molar-refractivity contribution in [1.82, 2.24) is 20.5 Å². The number of thiazole rings is 1. The van der Waals surface area contributed by atoms with E-state index in [4.69, 9.17) is 18.9 Å². The molecule has 12 nitrogen and oxygen atoms in total. The van der Waals surface area contributed by atoms with Crippen LogP contribution in [0.25, 0.3) is 10.4 Å². The number of hydrogen-bond donors (Lipinski definition) is 3. The Hall–Kier alpha value is -2.46. The third-order valence-corrected chi connectivity index (χ3v) is 8.58. The first kappa shape index (κ1) is 38.0. The van der Waals surface area contributed by atoms with Crippen LogP contribution in [0.2, 0.25) is 0 Å². The van der Waals surface area contributed by atoms with E-state index < -0.39 is 35.4 Å². The lowest BCUT2D eigenvalue weighted by Crippen LogP contribution is -2.58. The van der Waals surface area contributed by atoms with Gasteiger partial charge in [0.05, 0.1) is 68.4 Å². The molecule has 1 saturated heterocycles. The van der Waals surface area contributed by atoms with E-state index in [-0.39, 0.29) is 45.2 Å². The summed E-state index contributed by atoms with van der Waals surface area (Å²) < 4.78 is 21.6. The number of nitrogens with one attached hydrogen (secondary N) is 2. The minimum atomic E-state index is -0.932. The van der Waals surface area contributed by atoms with E-state index in [0.717, 1.165) is 27.0 Å². The second kappa shape index (κ2) is 19.4. The van der Waals surface area contributed by atoms with Crippen LogP contribution in [-0.2, 0) is 39.9 Å². The summed E-state index contributed by atoms with van der Waals surface area (Å²) in [7, 11) is 0. The number of aromatic nitrogens is 1. The van der Waals surface area contributed by atoms with E-state index >= 15 is 0 Å². The fourth-order valence-electron chi connectivity index (χ4n) is 4.86. The molecule has 0 radical (unpaired) electrons. The summed E-state index contributed by atoms with van der Waals surface area (Å²) in [4.78, 5) is 46.5. The van der Waals surface area contributed by atoms with Gasteiger partial charge in [-0.3, -0.25) is 14.4 Å². The van der Waals surface area contributed by atoms with Crippen molar-refractivity contribution < 1.29 is 38.4 Å². The maximum Gasteiger partial charge on any atom is 0.246 e. The van der Waals surface area contributed by atoms with E-state index in [9.17, 15) is 19.5 Å². The first-order valence-electron chi connectivity index (χ1n) is 15.4. The molecular weight excluding hydrogens is 680 g/mol. The Labute approximate surface area is 283 Å². The Morgan fingerprint density at radius 2 is 1.63 bits per heavy atom. The van der Waals surface area contributed by atoms with Crippen molar-refractivity contribution in [2.24, 2.45) is 5.41 Å². The average molecular weight is 728 g/mol. The van der Waals surface area contributed by atoms with Gasteiger partial charge in [0.25, 0.3) is 0 Å². The maximum absolute atomic E-state index is 13.7. The van der Waals surface area contributed by atoms with Gasteiger partial charge in [-0.1, -0.05) is 61.0 Å². The van der Waals surface area contributed by atoms with Crippen molar-refractivity contribution in [3.63, 3.8) is 0 Å². The number of amides is 3. The Balaban J connectivity index is 1.45. The Morgan fingerprint density at radius 3 is 2.20 bits per heavy atom. The van der Waals surface area contributed by atoms with Gasteiger partial charge >= 0.3 is 0 Å². The molecule has 0 spiro atoms. The molecule has 1 aliphatic heterocycles. The van der Waals surface area contributed by atoms with Gasteiger partial charge in [-0.25, -0.2) is 4.98 Å². The number of hydrogen-bond acceptors (Lipinski definition) is 10. The fraction of sp³-hybridized carbons (Fsp3) is 0.625. The molecule has 1 aromatic heterocycles. The molecule has 1 fully saturated rings. The third-order valence-electron chi connectivity index (χ3n) is 7.28. The van der Waals surface area contributed by atoms with Gasteiger partial charge in [0.1, 0.15) is 18.7 Å². The average Bonchev–Trinajstić information content (AvgIpc) is 3.63. The first-order valence-corrected chi connectivity index (χ1v) is 17.4. The molecule has 2 aromatic rings. The number of alkyl halides is 1. The summed E-state index contributed by atoms with van der Waals surface area (Å²) in [6.07, 6.45) is -0.732. The summed E-state index contributed by atoms with van der Waals surface area (Å²) in [6, 6.07) is 6.08. The van der Waals surface area contributed by atoms with E-state index in [2.05, 4.69) is 31.5 Å². The number of benzene rings is 1. The highest BCUT2D eigenvalue weighted by molar-refractivity contribution is 9.09. The number of aliphatic hydroxyl groups excluding tert-OH is 1. The molecule has 3 amide bonds. The van der Waals surface area contributed by atoms with Gasteiger partial charge in [-0.05, 0) is 23.5 Å². The van der Waals surface area contributed by atoms with Crippen LogP contribution >= 0.6 is 27.3 Å². The van der Waals surface area contributed by atoms with Gasteiger partial charge in [0.15, 0.2) is 0 Å². The van der Waals surface area contributed by atoms with E-state index in [0.29, 0.717) is 33.0 Å².